The lowest BCUT2D eigenvalue weighted by Gasteiger charge is -2.04. The number of nitrogens with one attached hydrogen (secondary N) is 1. The Morgan fingerprint density at radius 2 is 2.07 bits per heavy atom. The normalized spacial score (nSPS) is 10.9. The zero-order chi connectivity index (χ0) is 20.1. The zero-order valence-corrected chi connectivity index (χ0v) is 17.4. The van der Waals surface area contributed by atoms with E-state index in [1.807, 2.05) is 16.8 Å². The number of anilines is 1. The Labute approximate surface area is 178 Å². The van der Waals surface area contributed by atoms with Crippen LogP contribution in [0.2, 0.25) is 0 Å². The Morgan fingerprint density at radius 1 is 1.21 bits per heavy atom. The summed E-state index contributed by atoms with van der Waals surface area (Å²) in [4.78, 5) is 17.9. The van der Waals surface area contributed by atoms with E-state index in [2.05, 4.69) is 31.9 Å². The topological polar surface area (TPSA) is 85.6 Å². The van der Waals surface area contributed by atoms with E-state index >= 15 is 0 Å². The molecule has 7 nitrogen and oxygen atoms in total. The number of aryl methyl sites for hydroxylation is 2. The minimum Gasteiger partial charge on any atom is -0.301 e. The molecule has 1 N–H and O–H groups in total. The summed E-state index contributed by atoms with van der Waals surface area (Å²) < 4.78 is 14.7. The summed E-state index contributed by atoms with van der Waals surface area (Å²) in [5, 5.41) is 19.4. The molecule has 0 saturated carbocycles. The molecule has 0 aliphatic carbocycles. The van der Waals surface area contributed by atoms with Crippen LogP contribution < -0.4 is 5.32 Å². The number of thiophene rings is 1. The number of thioether (sulfide) groups is 1. The summed E-state index contributed by atoms with van der Waals surface area (Å²) in [5.41, 5.74) is 1.48. The summed E-state index contributed by atoms with van der Waals surface area (Å²) in [7, 11) is 0. The average Bonchev–Trinajstić information content (AvgIpc) is 3.47. The number of tetrazole rings is 1. The number of rotatable bonds is 8. The Balaban J connectivity index is 1.30. The summed E-state index contributed by atoms with van der Waals surface area (Å²) in [5.74, 6) is -0.319. The van der Waals surface area contributed by atoms with Crippen molar-refractivity contribution in [3.63, 3.8) is 0 Å². The minimum atomic E-state index is -0.299. The fourth-order valence-corrected chi connectivity index (χ4v) is 4.62. The molecule has 3 aromatic heterocycles. The van der Waals surface area contributed by atoms with E-state index < -0.39 is 0 Å². The van der Waals surface area contributed by atoms with Crippen LogP contribution in [-0.4, -0.2) is 36.9 Å². The van der Waals surface area contributed by atoms with Crippen LogP contribution in [0.5, 0.6) is 0 Å². The van der Waals surface area contributed by atoms with E-state index in [4.69, 9.17) is 0 Å². The molecule has 29 heavy (non-hydrogen) atoms. The van der Waals surface area contributed by atoms with Crippen molar-refractivity contribution in [3.8, 4) is 11.3 Å². The molecule has 1 aromatic carbocycles. The first kappa shape index (κ1) is 19.7. The van der Waals surface area contributed by atoms with Gasteiger partial charge in [0, 0.05) is 22.2 Å². The lowest BCUT2D eigenvalue weighted by Crippen LogP contribution is -2.14. The van der Waals surface area contributed by atoms with Crippen molar-refractivity contribution in [2.45, 2.75) is 18.1 Å². The van der Waals surface area contributed by atoms with E-state index in [0.29, 0.717) is 22.5 Å². The molecule has 4 aromatic rings. The third-order valence-corrected chi connectivity index (χ3v) is 6.52. The van der Waals surface area contributed by atoms with Crippen LogP contribution in [0, 0.1) is 5.82 Å². The van der Waals surface area contributed by atoms with Crippen LogP contribution >= 0.6 is 34.4 Å². The Bertz CT molecular complexity index is 1080. The number of aromatic nitrogens is 5. The van der Waals surface area contributed by atoms with Crippen LogP contribution in [-0.2, 0) is 17.8 Å². The number of benzene rings is 1. The maximum atomic E-state index is 13.0. The standard InChI is InChI=1S/C18H15FN6OS3/c19-13-5-3-12(4-6-13)15-10-28-17(20-15)21-16(26)11-29-18-22-23-24-25(18)8-7-14-2-1-9-27-14/h1-6,9-10H,7-8,11H2,(H,20,21,26). The molecular weight excluding hydrogens is 431 g/mol. The molecule has 0 fully saturated rings. The predicted molar refractivity (Wildman–Crippen MR) is 113 cm³/mol. The molecule has 0 aliphatic heterocycles. The van der Waals surface area contributed by atoms with Gasteiger partial charge in [0.25, 0.3) is 0 Å². The van der Waals surface area contributed by atoms with E-state index in [1.54, 1.807) is 28.2 Å². The first-order valence-corrected chi connectivity index (χ1v) is 11.3. The summed E-state index contributed by atoms with van der Waals surface area (Å²) in [6.07, 6.45) is 0.841. The van der Waals surface area contributed by atoms with Crippen molar-refractivity contribution in [1.29, 1.82) is 0 Å². The van der Waals surface area contributed by atoms with E-state index in [9.17, 15) is 9.18 Å². The third kappa shape index (κ3) is 5.25. The van der Waals surface area contributed by atoms with E-state index in [1.165, 1.54) is 40.1 Å². The highest BCUT2D eigenvalue weighted by atomic mass is 32.2. The summed E-state index contributed by atoms with van der Waals surface area (Å²) in [6, 6.07) is 10.2. The zero-order valence-electron chi connectivity index (χ0n) is 15.0. The van der Waals surface area contributed by atoms with Gasteiger partial charge in [-0.1, -0.05) is 17.8 Å². The number of halogens is 1. The molecule has 0 unspecified atom stereocenters. The lowest BCUT2D eigenvalue weighted by atomic mass is 10.2. The van der Waals surface area contributed by atoms with Gasteiger partial charge in [0.1, 0.15) is 5.82 Å². The van der Waals surface area contributed by atoms with Crippen LogP contribution in [0.1, 0.15) is 4.88 Å². The molecule has 0 radical (unpaired) electrons. The van der Waals surface area contributed by atoms with Crippen LogP contribution in [0.15, 0.2) is 52.3 Å². The number of nitrogens with zero attached hydrogens (tertiary/aromatic N) is 5. The second-order valence-electron chi connectivity index (χ2n) is 5.90. The number of hydrogen-bond donors (Lipinski definition) is 1. The highest BCUT2D eigenvalue weighted by Gasteiger charge is 2.12. The number of carbonyl (C=O) groups excluding carboxylic acids is 1. The maximum absolute atomic E-state index is 13.0. The molecule has 0 bridgehead atoms. The number of carbonyl (C=O) groups is 1. The number of amides is 1. The van der Waals surface area contributed by atoms with Crippen molar-refractivity contribution in [2.75, 3.05) is 11.1 Å². The minimum absolute atomic E-state index is 0.171. The van der Waals surface area contributed by atoms with Crippen molar-refractivity contribution in [3.05, 3.63) is 57.9 Å². The van der Waals surface area contributed by atoms with Gasteiger partial charge < -0.3 is 5.32 Å². The predicted octanol–water partition coefficient (Wildman–Crippen LogP) is 3.97. The Hall–Kier alpha value is -2.63. The highest BCUT2D eigenvalue weighted by molar-refractivity contribution is 7.99. The first-order chi connectivity index (χ1) is 14.2. The van der Waals surface area contributed by atoms with Crippen molar-refractivity contribution >= 4 is 45.5 Å². The summed E-state index contributed by atoms with van der Waals surface area (Å²) >= 11 is 4.29. The smallest absolute Gasteiger partial charge is 0.236 e. The van der Waals surface area contributed by atoms with E-state index in [0.717, 1.165) is 12.0 Å². The molecule has 3 heterocycles. The van der Waals surface area contributed by atoms with E-state index in [-0.39, 0.29) is 17.5 Å². The lowest BCUT2D eigenvalue weighted by molar-refractivity contribution is -0.113. The van der Waals surface area contributed by atoms with Gasteiger partial charge in [-0.05, 0) is 46.1 Å². The van der Waals surface area contributed by atoms with Gasteiger partial charge in [-0.3, -0.25) is 4.79 Å². The fraction of sp³-hybridized carbons (Fsp3) is 0.167. The van der Waals surface area contributed by atoms with Crippen LogP contribution in [0.25, 0.3) is 11.3 Å². The van der Waals surface area contributed by atoms with Gasteiger partial charge in [-0.25, -0.2) is 14.1 Å². The van der Waals surface area contributed by atoms with Crippen molar-refractivity contribution < 1.29 is 9.18 Å². The number of hydrogen-bond acceptors (Lipinski definition) is 8. The fourth-order valence-electron chi connectivity index (χ4n) is 2.48. The van der Waals surface area contributed by atoms with Gasteiger partial charge in [-0.15, -0.1) is 27.8 Å². The second-order valence-corrected chi connectivity index (χ2v) is 8.73. The monoisotopic (exact) mass is 446 g/mol. The molecular formula is C18H15FN6OS3. The third-order valence-electron chi connectivity index (χ3n) is 3.87. The molecule has 0 atom stereocenters. The molecule has 0 saturated heterocycles. The quantitative estimate of drug-likeness (QED) is 0.412. The maximum Gasteiger partial charge on any atom is 0.236 e. The molecule has 1 amide bonds. The average molecular weight is 447 g/mol. The van der Waals surface area contributed by atoms with Gasteiger partial charge in [0.05, 0.1) is 18.0 Å². The van der Waals surface area contributed by atoms with Crippen molar-refractivity contribution in [1.82, 2.24) is 25.2 Å². The largest absolute Gasteiger partial charge is 0.301 e. The highest BCUT2D eigenvalue weighted by Crippen LogP contribution is 2.25. The second kappa shape index (κ2) is 9.25. The van der Waals surface area contributed by atoms with Gasteiger partial charge in [0.2, 0.25) is 11.1 Å². The van der Waals surface area contributed by atoms with Crippen LogP contribution in [0.3, 0.4) is 0 Å². The van der Waals surface area contributed by atoms with Gasteiger partial charge in [-0.2, -0.15) is 0 Å². The Morgan fingerprint density at radius 3 is 2.86 bits per heavy atom. The molecule has 11 heteroatoms. The molecule has 148 valence electrons. The SMILES string of the molecule is O=C(CSc1nnnn1CCc1cccs1)Nc1nc(-c2ccc(F)cc2)cs1. The molecule has 0 spiro atoms. The molecule has 4 rings (SSSR count). The summed E-state index contributed by atoms with van der Waals surface area (Å²) in [6.45, 7) is 0.658. The van der Waals surface area contributed by atoms with Gasteiger partial charge >= 0.3 is 0 Å². The van der Waals surface area contributed by atoms with Crippen LogP contribution in [0.4, 0.5) is 9.52 Å². The van der Waals surface area contributed by atoms with Crippen molar-refractivity contribution in [2.24, 2.45) is 0 Å². The Kier molecular flexibility index (Phi) is 6.27. The number of thiazole rings is 1. The molecule has 0 aliphatic rings. The van der Waals surface area contributed by atoms with Gasteiger partial charge in [0.15, 0.2) is 5.13 Å². The first-order valence-electron chi connectivity index (χ1n) is 8.60.